The molecule has 1 aliphatic rings. The van der Waals surface area contributed by atoms with Gasteiger partial charge in [-0.05, 0) is 0 Å². The van der Waals surface area contributed by atoms with E-state index in [4.69, 9.17) is 11.6 Å². The van der Waals surface area contributed by atoms with Crippen molar-refractivity contribution in [3.63, 3.8) is 0 Å². The van der Waals surface area contributed by atoms with Crippen molar-refractivity contribution in [1.82, 2.24) is 9.97 Å². The summed E-state index contributed by atoms with van der Waals surface area (Å²) in [4.78, 5) is 10.2. The van der Waals surface area contributed by atoms with Crippen LogP contribution in [-0.4, -0.2) is 45.8 Å². The lowest BCUT2D eigenvalue weighted by atomic mass is 10.4. The number of rotatable bonds is 2. The highest BCUT2D eigenvalue weighted by molar-refractivity contribution is 7.85. The smallest absolute Gasteiger partial charge is 0.157 e. The lowest BCUT2D eigenvalue weighted by molar-refractivity contribution is 0.672. The van der Waals surface area contributed by atoms with E-state index in [1.807, 2.05) is 0 Å². The zero-order valence-corrected chi connectivity index (χ0v) is 10.5. The molecule has 88 valence electrons. The second-order valence-corrected chi connectivity index (χ2v) is 5.50. The first kappa shape index (κ1) is 11.6. The Morgan fingerprint density at radius 3 is 2.75 bits per heavy atom. The largest absolute Gasteiger partial charge is 0.383 e. The van der Waals surface area contributed by atoms with Crippen LogP contribution in [0.3, 0.4) is 0 Å². The molecule has 1 aromatic rings. The van der Waals surface area contributed by atoms with Crippen molar-refractivity contribution in [2.24, 2.45) is 0 Å². The minimum atomic E-state index is -0.687. The van der Waals surface area contributed by atoms with Gasteiger partial charge in [-0.1, -0.05) is 11.6 Å². The Morgan fingerprint density at radius 2 is 2.12 bits per heavy atom. The van der Waals surface area contributed by atoms with E-state index in [1.165, 1.54) is 6.33 Å². The number of anilines is 2. The normalized spacial score (nSPS) is 17.5. The van der Waals surface area contributed by atoms with Crippen molar-refractivity contribution in [1.29, 1.82) is 0 Å². The summed E-state index contributed by atoms with van der Waals surface area (Å²) in [7, 11) is 1.10. The zero-order valence-electron chi connectivity index (χ0n) is 8.94. The molecule has 1 N–H and O–H groups in total. The lowest BCUT2D eigenvalue weighted by Crippen LogP contribution is -2.38. The summed E-state index contributed by atoms with van der Waals surface area (Å²) in [5.74, 6) is 2.16. The number of nitrogens with zero attached hydrogens (tertiary/aromatic N) is 3. The molecule has 0 amide bonds. The maximum atomic E-state index is 11.3. The molecule has 1 aliphatic heterocycles. The van der Waals surface area contributed by atoms with E-state index in [0.29, 0.717) is 16.7 Å². The molecule has 0 bridgehead atoms. The van der Waals surface area contributed by atoms with Crippen LogP contribution in [-0.2, 0) is 10.8 Å². The highest BCUT2D eigenvalue weighted by Gasteiger charge is 2.20. The molecule has 2 rings (SSSR count). The Labute approximate surface area is 102 Å². The minimum absolute atomic E-state index is 0.416. The number of halogens is 1. The van der Waals surface area contributed by atoms with E-state index in [2.05, 4.69) is 20.2 Å². The predicted octanol–water partition coefficient (Wildman–Crippen LogP) is 0.740. The van der Waals surface area contributed by atoms with Gasteiger partial charge in [0.25, 0.3) is 0 Å². The van der Waals surface area contributed by atoms with Crippen LogP contribution in [0.15, 0.2) is 6.33 Å². The van der Waals surface area contributed by atoms with Crippen LogP contribution >= 0.6 is 11.6 Å². The van der Waals surface area contributed by atoms with Gasteiger partial charge >= 0.3 is 0 Å². The SMILES string of the molecule is CNc1c(Cl)ncnc1N1CCS(=O)CC1. The minimum Gasteiger partial charge on any atom is -0.383 e. The number of hydrogen-bond acceptors (Lipinski definition) is 5. The maximum Gasteiger partial charge on any atom is 0.157 e. The van der Waals surface area contributed by atoms with Crippen LogP contribution in [0.5, 0.6) is 0 Å². The summed E-state index contributed by atoms with van der Waals surface area (Å²) < 4.78 is 11.3. The van der Waals surface area contributed by atoms with Gasteiger partial charge in [-0.2, -0.15) is 0 Å². The second-order valence-electron chi connectivity index (χ2n) is 3.45. The van der Waals surface area contributed by atoms with Crippen LogP contribution in [0.1, 0.15) is 0 Å². The van der Waals surface area contributed by atoms with Crippen LogP contribution in [0.25, 0.3) is 0 Å². The van der Waals surface area contributed by atoms with Gasteiger partial charge < -0.3 is 10.2 Å². The summed E-state index contributed by atoms with van der Waals surface area (Å²) in [5.41, 5.74) is 0.733. The Balaban J connectivity index is 2.26. The molecule has 0 aliphatic carbocycles. The molecule has 7 heteroatoms. The van der Waals surface area contributed by atoms with Gasteiger partial charge in [0.05, 0.1) is 0 Å². The molecule has 16 heavy (non-hydrogen) atoms. The van der Waals surface area contributed by atoms with E-state index in [0.717, 1.165) is 24.6 Å². The highest BCUT2D eigenvalue weighted by Crippen LogP contribution is 2.29. The van der Waals surface area contributed by atoms with Gasteiger partial charge in [0.15, 0.2) is 11.0 Å². The number of nitrogens with one attached hydrogen (secondary N) is 1. The van der Waals surface area contributed by atoms with Crippen molar-refractivity contribution in [3.05, 3.63) is 11.5 Å². The third-order valence-electron chi connectivity index (χ3n) is 2.51. The van der Waals surface area contributed by atoms with Crippen LogP contribution in [0, 0.1) is 0 Å². The van der Waals surface area contributed by atoms with Crippen molar-refractivity contribution < 1.29 is 4.21 Å². The molecule has 1 saturated heterocycles. The summed E-state index contributed by atoms with van der Waals surface area (Å²) in [6.07, 6.45) is 1.45. The molecular weight excluding hydrogens is 248 g/mol. The van der Waals surface area contributed by atoms with E-state index in [-0.39, 0.29) is 0 Å². The Kier molecular flexibility index (Phi) is 3.60. The van der Waals surface area contributed by atoms with Gasteiger partial charge in [0.1, 0.15) is 12.0 Å². The average molecular weight is 261 g/mol. The molecule has 1 fully saturated rings. The molecule has 1 aromatic heterocycles. The monoisotopic (exact) mass is 260 g/mol. The Hall–Kier alpha value is -0.880. The van der Waals surface area contributed by atoms with E-state index < -0.39 is 10.8 Å². The van der Waals surface area contributed by atoms with Crippen LogP contribution < -0.4 is 10.2 Å². The first-order valence-electron chi connectivity index (χ1n) is 5.00. The van der Waals surface area contributed by atoms with Crippen molar-refractivity contribution in [3.8, 4) is 0 Å². The summed E-state index contributed by atoms with van der Waals surface area (Å²) in [6.45, 7) is 1.49. The van der Waals surface area contributed by atoms with Gasteiger partial charge in [-0.15, -0.1) is 0 Å². The molecule has 0 aromatic carbocycles. The van der Waals surface area contributed by atoms with Gasteiger partial charge in [-0.25, -0.2) is 9.97 Å². The van der Waals surface area contributed by atoms with E-state index in [9.17, 15) is 4.21 Å². The van der Waals surface area contributed by atoms with Crippen molar-refractivity contribution >= 4 is 33.9 Å². The van der Waals surface area contributed by atoms with Crippen LogP contribution in [0.2, 0.25) is 5.15 Å². The third kappa shape index (κ3) is 2.27. The third-order valence-corrected chi connectivity index (χ3v) is 4.07. The van der Waals surface area contributed by atoms with Crippen molar-refractivity contribution in [2.75, 3.05) is 41.9 Å². The molecule has 0 radical (unpaired) electrons. The molecule has 2 heterocycles. The van der Waals surface area contributed by atoms with Gasteiger partial charge in [0, 0.05) is 42.4 Å². The molecule has 0 spiro atoms. The van der Waals surface area contributed by atoms with E-state index in [1.54, 1.807) is 7.05 Å². The predicted molar refractivity (Wildman–Crippen MR) is 66.7 cm³/mol. The van der Waals surface area contributed by atoms with Gasteiger partial charge in [-0.3, -0.25) is 4.21 Å². The maximum absolute atomic E-state index is 11.3. The zero-order chi connectivity index (χ0) is 11.5. The molecule has 0 atom stereocenters. The average Bonchev–Trinajstić information content (AvgIpc) is 2.30. The molecular formula is C9H13ClN4OS. The standard InChI is InChI=1S/C9H13ClN4OS/c1-11-7-8(10)12-6-13-9(7)14-2-4-16(15)5-3-14/h6,11H,2-5H2,1H3. The summed E-state index contributed by atoms with van der Waals surface area (Å²) in [5, 5.41) is 3.41. The fraction of sp³-hybridized carbons (Fsp3) is 0.556. The Morgan fingerprint density at radius 1 is 1.44 bits per heavy atom. The fourth-order valence-electron chi connectivity index (χ4n) is 1.66. The highest BCUT2D eigenvalue weighted by atomic mass is 35.5. The molecule has 5 nitrogen and oxygen atoms in total. The van der Waals surface area contributed by atoms with Crippen LogP contribution in [0.4, 0.5) is 11.5 Å². The molecule has 0 saturated carbocycles. The summed E-state index contributed by atoms with van der Waals surface area (Å²) in [6, 6.07) is 0. The lowest BCUT2D eigenvalue weighted by Gasteiger charge is -2.28. The Bertz CT molecular complexity index is 404. The first-order chi connectivity index (χ1) is 7.72. The quantitative estimate of drug-likeness (QED) is 0.795. The van der Waals surface area contributed by atoms with E-state index >= 15 is 0 Å². The topological polar surface area (TPSA) is 58.1 Å². The first-order valence-corrected chi connectivity index (χ1v) is 6.87. The van der Waals surface area contributed by atoms with Gasteiger partial charge in [0.2, 0.25) is 0 Å². The summed E-state index contributed by atoms with van der Waals surface area (Å²) >= 11 is 5.98. The van der Waals surface area contributed by atoms with Crippen molar-refractivity contribution in [2.45, 2.75) is 0 Å². The second kappa shape index (κ2) is 4.97. The number of aromatic nitrogens is 2. The molecule has 0 unspecified atom stereocenters. The number of hydrogen-bond donors (Lipinski definition) is 1. The fourth-order valence-corrected chi connectivity index (χ4v) is 2.93.